The van der Waals surface area contributed by atoms with Gasteiger partial charge in [0.25, 0.3) is 0 Å². The van der Waals surface area contributed by atoms with Gasteiger partial charge in [0.15, 0.2) is 23.3 Å². The number of hydrogen-bond donors (Lipinski definition) is 1. The van der Waals surface area contributed by atoms with E-state index in [0.717, 1.165) is 14.7 Å². The van der Waals surface area contributed by atoms with Gasteiger partial charge in [-0.3, -0.25) is 0 Å². The van der Waals surface area contributed by atoms with Gasteiger partial charge < -0.3 is 4.74 Å². The molecule has 0 atom stereocenters. The molecule has 4 aromatic rings. The normalized spacial score (nSPS) is 11.2. The first-order valence-electron chi connectivity index (χ1n) is 9.62. The number of halogens is 5. The van der Waals surface area contributed by atoms with Crippen molar-refractivity contribution < 1.29 is 31.5 Å². The van der Waals surface area contributed by atoms with E-state index >= 15 is 0 Å². The number of benzene rings is 4. The van der Waals surface area contributed by atoms with Gasteiger partial charge in [0.05, 0.1) is 0 Å². The summed E-state index contributed by atoms with van der Waals surface area (Å²) in [5, 5.41) is 0. The van der Waals surface area contributed by atoms with Gasteiger partial charge in [0.2, 0.25) is 5.82 Å². The Morgan fingerprint density at radius 3 is 1.39 bits per heavy atom. The molecule has 0 aliphatic carbocycles. The number of ether oxygens (including phenoxy) is 1. The van der Waals surface area contributed by atoms with Crippen molar-refractivity contribution in [3.8, 4) is 5.75 Å². The van der Waals surface area contributed by atoms with Gasteiger partial charge in [-0.1, -0.05) is 36.4 Å². The molecule has 8 heteroatoms. The van der Waals surface area contributed by atoms with E-state index in [1.807, 2.05) is 60.7 Å². The molecule has 0 spiro atoms. The van der Waals surface area contributed by atoms with Crippen LogP contribution in [0.2, 0.25) is 0 Å². The van der Waals surface area contributed by atoms with E-state index < -0.39 is 51.5 Å². The fourth-order valence-corrected chi connectivity index (χ4v) is 5.49. The zero-order valence-corrected chi connectivity index (χ0v) is 17.6. The summed E-state index contributed by atoms with van der Waals surface area (Å²) in [6, 6.07) is 25.7. The summed E-state index contributed by atoms with van der Waals surface area (Å²) in [6.07, 6.45) is 0. The van der Waals surface area contributed by atoms with Crippen molar-refractivity contribution in [2.75, 3.05) is 0 Å². The fourth-order valence-electron chi connectivity index (χ4n) is 3.21. The lowest BCUT2D eigenvalue weighted by Gasteiger charge is -2.23. The minimum atomic E-state index is -2.35. The molecule has 0 amide bonds. The Bertz CT molecular complexity index is 1230. The molecule has 0 fully saturated rings. The molecule has 0 heterocycles. The Labute approximate surface area is 188 Å². The minimum Gasteiger partial charge on any atom is -0.423 e. The summed E-state index contributed by atoms with van der Waals surface area (Å²) in [5.41, 5.74) is -1.65. The molecular formula is C25H15F5O2S. The van der Waals surface area contributed by atoms with Gasteiger partial charge in [-0.25, -0.2) is 26.7 Å². The van der Waals surface area contributed by atoms with Crippen LogP contribution >= 0.6 is 10.9 Å². The van der Waals surface area contributed by atoms with Gasteiger partial charge in [-0.15, -0.1) is 0 Å². The Morgan fingerprint density at radius 1 is 0.545 bits per heavy atom. The van der Waals surface area contributed by atoms with Crippen molar-refractivity contribution in [1.82, 2.24) is 0 Å². The Kier molecular flexibility index (Phi) is 6.46. The van der Waals surface area contributed by atoms with Crippen molar-refractivity contribution in [2.24, 2.45) is 0 Å². The van der Waals surface area contributed by atoms with Crippen LogP contribution in [0.1, 0.15) is 10.4 Å². The largest absolute Gasteiger partial charge is 0.423 e. The zero-order chi connectivity index (χ0) is 23.5. The van der Waals surface area contributed by atoms with Gasteiger partial charge in [0.1, 0.15) is 11.3 Å². The smallest absolute Gasteiger partial charge is 0.349 e. The third-order valence-electron chi connectivity index (χ3n) is 4.75. The molecule has 0 unspecified atom stereocenters. The second-order valence-electron chi connectivity index (χ2n) is 6.83. The lowest BCUT2D eigenvalue weighted by Crippen LogP contribution is -2.17. The number of carbonyl (C=O) groups excluding carboxylic acids is 1. The lowest BCUT2D eigenvalue weighted by atomic mass is 10.1. The molecule has 4 rings (SSSR count). The van der Waals surface area contributed by atoms with E-state index in [9.17, 15) is 26.7 Å². The SMILES string of the molecule is O=C(Oc1ccc([SH](c2ccccc2)c2ccccc2)cc1)c1c(F)c(F)c(F)c(F)c1F. The maximum absolute atomic E-state index is 13.9. The summed E-state index contributed by atoms with van der Waals surface area (Å²) in [5.74, 6) is -13.1. The highest BCUT2D eigenvalue weighted by Crippen LogP contribution is 2.51. The monoisotopic (exact) mass is 474 g/mol. The quantitative estimate of drug-likeness (QED) is 0.0836. The van der Waals surface area contributed by atoms with Crippen LogP contribution in [-0.2, 0) is 0 Å². The van der Waals surface area contributed by atoms with Crippen LogP contribution in [0.25, 0.3) is 0 Å². The number of hydrogen-bond acceptors (Lipinski definition) is 2. The predicted molar refractivity (Wildman–Crippen MR) is 114 cm³/mol. The zero-order valence-electron chi connectivity index (χ0n) is 16.7. The van der Waals surface area contributed by atoms with Crippen molar-refractivity contribution >= 4 is 16.9 Å². The first-order valence-corrected chi connectivity index (χ1v) is 11.0. The maximum Gasteiger partial charge on any atom is 0.349 e. The fraction of sp³-hybridized carbons (Fsp3) is 0. The highest BCUT2D eigenvalue weighted by molar-refractivity contribution is 8.17. The number of thiol groups is 1. The topological polar surface area (TPSA) is 26.3 Å². The van der Waals surface area contributed by atoms with E-state index in [0.29, 0.717) is 0 Å². The second-order valence-corrected chi connectivity index (χ2v) is 9.05. The molecule has 168 valence electrons. The van der Waals surface area contributed by atoms with E-state index in [-0.39, 0.29) is 5.75 Å². The molecule has 4 aromatic carbocycles. The van der Waals surface area contributed by atoms with Gasteiger partial charge >= 0.3 is 5.97 Å². The van der Waals surface area contributed by atoms with Crippen LogP contribution in [0.5, 0.6) is 5.75 Å². The van der Waals surface area contributed by atoms with E-state index in [1.54, 1.807) is 12.1 Å². The lowest BCUT2D eigenvalue weighted by molar-refractivity contribution is 0.0721. The van der Waals surface area contributed by atoms with Crippen molar-refractivity contribution in [3.05, 3.63) is 120 Å². The molecule has 0 saturated carbocycles. The molecular weight excluding hydrogens is 459 g/mol. The first-order chi connectivity index (χ1) is 15.9. The van der Waals surface area contributed by atoms with Crippen LogP contribution in [0.4, 0.5) is 22.0 Å². The van der Waals surface area contributed by atoms with Crippen LogP contribution in [0, 0.1) is 29.1 Å². The number of esters is 1. The third kappa shape index (κ3) is 4.47. The van der Waals surface area contributed by atoms with Gasteiger partial charge in [0, 0.05) is 0 Å². The molecule has 33 heavy (non-hydrogen) atoms. The highest BCUT2D eigenvalue weighted by Gasteiger charge is 2.31. The number of rotatable bonds is 5. The van der Waals surface area contributed by atoms with Crippen molar-refractivity contribution in [1.29, 1.82) is 0 Å². The summed E-state index contributed by atoms with van der Waals surface area (Å²) < 4.78 is 72.7. The minimum absolute atomic E-state index is 0.108. The molecule has 0 saturated heterocycles. The van der Waals surface area contributed by atoms with Gasteiger partial charge in [-0.05, 0) is 63.2 Å². The van der Waals surface area contributed by atoms with Gasteiger partial charge in [-0.2, -0.15) is 10.9 Å². The summed E-state index contributed by atoms with van der Waals surface area (Å²) in [4.78, 5) is 15.2. The predicted octanol–water partition coefficient (Wildman–Crippen LogP) is 7.08. The molecule has 0 N–H and O–H groups in total. The third-order valence-corrected chi connectivity index (χ3v) is 7.19. The summed E-state index contributed by atoms with van der Waals surface area (Å²) >= 11 is 0. The van der Waals surface area contributed by atoms with E-state index in [2.05, 4.69) is 0 Å². The summed E-state index contributed by atoms with van der Waals surface area (Å²) in [7, 11) is -0.946. The summed E-state index contributed by atoms with van der Waals surface area (Å²) in [6.45, 7) is 0. The molecule has 0 aliphatic rings. The Balaban J connectivity index is 1.64. The average Bonchev–Trinajstić information content (AvgIpc) is 2.84. The Hall–Kier alpha value is -3.65. The molecule has 0 aliphatic heterocycles. The van der Waals surface area contributed by atoms with Crippen LogP contribution in [0.15, 0.2) is 99.6 Å². The average molecular weight is 474 g/mol. The number of carbonyl (C=O) groups is 1. The van der Waals surface area contributed by atoms with Crippen molar-refractivity contribution in [2.45, 2.75) is 14.7 Å². The van der Waals surface area contributed by atoms with Crippen LogP contribution in [-0.4, -0.2) is 5.97 Å². The van der Waals surface area contributed by atoms with Crippen LogP contribution in [0.3, 0.4) is 0 Å². The molecule has 0 aromatic heterocycles. The van der Waals surface area contributed by atoms with Crippen molar-refractivity contribution in [3.63, 3.8) is 0 Å². The molecule has 0 radical (unpaired) electrons. The van der Waals surface area contributed by atoms with E-state index in [1.165, 1.54) is 12.1 Å². The Morgan fingerprint density at radius 2 is 0.939 bits per heavy atom. The second kappa shape index (κ2) is 9.46. The maximum atomic E-state index is 13.9. The standard InChI is InChI=1S/C25H15F5O2S/c26-20-19(21(27)23(29)24(30)22(20)28)25(31)32-15-11-13-18(14-12-15)33(16-7-3-1-4-8-16)17-9-5-2-6-10-17/h1-14,33H. The van der Waals surface area contributed by atoms with Crippen LogP contribution < -0.4 is 4.74 Å². The molecule has 2 nitrogen and oxygen atoms in total. The molecule has 0 bridgehead atoms. The highest BCUT2D eigenvalue weighted by atomic mass is 32.2. The van der Waals surface area contributed by atoms with E-state index in [4.69, 9.17) is 4.74 Å². The first kappa shape index (κ1) is 22.5.